The first kappa shape index (κ1) is 17.3. The molecule has 0 saturated heterocycles. The highest BCUT2D eigenvalue weighted by Gasteiger charge is 2.21. The number of hydrogen-bond donors (Lipinski definition) is 0. The van der Waals surface area contributed by atoms with Crippen molar-refractivity contribution in [3.63, 3.8) is 0 Å². The van der Waals surface area contributed by atoms with Crippen molar-refractivity contribution in [2.45, 2.75) is 6.92 Å². The second-order valence-electron chi connectivity index (χ2n) is 4.94. The highest BCUT2D eigenvalue weighted by molar-refractivity contribution is 6.08. The first-order valence-electron chi connectivity index (χ1n) is 7.07. The van der Waals surface area contributed by atoms with E-state index in [-0.39, 0.29) is 16.9 Å². The Kier molecular flexibility index (Phi) is 5.42. The van der Waals surface area contributed by atoms with Gasteiger partial charge in [0.15, 0.2) is 0 Å². The molecule has 5 nitrogen and oxygen atoms in total. The number of halogens is 1. The number of carbonyl (C=O) groups excluding carboxylic acids is 2. The van der Waals surface area contributed by atoms with Crippen LogP contribution in [-0.4, -0.2) is 32.4 Å². The molecule has 0 aliphatic carbocycles. The summed E-state index contributed by atoms with van der Waals surface area (Å²) in [6.45, 7) is 1.72. The van der Waals surface area contributed by atoms with Gasteiger partial charge in [0.25, 0.3) is 0 Å². The number of ether oxygens (including phenoxy) is 2. The fourth-order valence-electron chi connectivity index (χ4n) is 2.19. The van der Waals surface area contributed by atoms with Gasteiger partial charge in [0.05, 0.1) is 31.0 Å². The molecular formula is C18H16FNO4. The van der Waals surface area contributed by atoms with E-state index in [2.05, 4.69) is 9.73 Å². The zero-order valence-corrected chi connectivity index (χ0v) is 13.5. The van der Waals surface area contributed by atoms with Gasteiger partial charge in [0.2, 0.25) is 0 Å². The van der Waals surface area contributed by atoms with Crippen molar-refractivity contribution in [2.75, 3.05) is 14.2 Å². The van der Waals surface area contributed by atoms with Crippen LogP contribution < -0.4 is 0 Å². The third kappa shape index (κ3) is 3.65. The molecule has 0 N–H and O–H groups in total. The van der Waals surface area contributed by atoms with Crippen LogP contribution in [0.5, 0.6) is 0 Å². The molecule has 0 spiro atoms. The van der Waals surface area contributed by atoms with E-state index >= 15 is 0 Å². The molecule has 6 heteroatoms. The maximum absolute atomic E-state index is 13.1. The lowest BCUT2D eigenvalue weighted by Crippen LogP contribution is -2.14. The van der Waals surface area contributed by atoms with E-state index in [0.717, 1.165) is 0 Å². The predicted molar refractivity (Wildman–Crippen MR) is 87.5 cm³/mol. The maximum atomic E-state index is 13.1. The smallest absolute Gasteiger partial charge is 0.339 e. The van der Waals surface area contributed by atoms with Gasteiger partial charge in [-0.25, -0.2) is 14.0 Å². The Morgan fingerprint density at radius 2 is 1.79 bits per heavy atom. The Balaban J connectivity index is 2.51. The van der Waals surface area contributed by atoms with Crippen LogP contribution in [0, 0.1) is 12.7 Å². The summed E-state index contributed by atoms with van der Waals surface area (Å²) in [5, 5.41) is 0. The zero-order valence-electron chi connectivity index (χ0n) is 13.5. The van der Waals surface area contributed by atoms with E-state index in [4.69, 9.17) is 4.74 Å². The lowest BCUT2D eigenvalue weighted by Gasteiger charge is -2.09. The lowest BCUT2D eigenvalue weighted by atomic mass is 10.0. The van der Waals surface area contributed by atoms with Crippen LogP contribution in [0.2, 0.25) is 0 Å². The van der Waals surface area contributed by atoms with Gasteiger partial charge >= 0.3 is 11.9 Å². The largest absolute Gasteiger partial charge is 0.465 e. The molecule has 0 aliphatic rings. The quantitative estimate of drug-likeness (QED) is 0.636. The molecule has 0 unspecified atom stereocenters. The monoisotopic (exact) mass is 329 g/mol. The Bertz CT molecular complexity index is 815. The Hall–Kier alpha value is -3.02. The number of rotatable bonds is 4. The van der Waals surface area contributed by atoms with Gasteiger partial charge in [0.1, 0.15) is 5.82 Å². The van der Waals surface area contributed by atoms with Gasteiger partial charge in [-0.1, -0.05) is 12.1 Å². The minimum atomic E-state index is -0.673. The Labute approximate surface area is 138 Å². The molecule has 0 fully saturated rings. The molecule has 0 amide bonds. The standard InChI is InChI=1S/C18H16FNO4/c1-11-9-13(19)7-8-15(11)20-10-12-5-4-6-14(17(21)23-2)16(12)18(22)24-3/h4-10H,1-3H3/b20-10-. The van der Waals surface area contributed by atoms with Gasteiger partial charge in [-0.3, -0.25) is 4.99 Å². The average molecular weight is 329 g/mol. The first-order chi connectivity index (χ1) is 11.5. The molecule has 0 bridgehead atoms. The minimum absolute atomic E-state index is 0.0652. The van der Waals surface area contributed by atoms with Crippen LogP contribution in [-0.2, 0) is 9.47 Å². The molecule has 2 aromatic carbocycles. The zero-order chi connectivity index (χ0) is 17.7. The number of aliphatic imine (C=N–C) groups is 1. The Morgan fingerprint density at radius 1 is 1.08 bits per heavy atom. The fourth-order valence-corrected chi connectivity index (χ4v) is 2.19. The average Bonchev–Trinajstić information content (AvgIpc) is 2.59. The topological polar surface area (TPSA) is 65.0 Å². The van der Waals surface area contributed by atoms with Crippen molar-refractivity contribution in [3.8, 4) is 0 Å². The molecule has 0 heterocycles. The van der Waals surface area contributed by atoms with Crippen LogP contribution in [0.15, 0.2) is 41.4 Å². The van der Waals surface area contributed by atoms with Crippen LogP contribution in [0.3, 0.4) is 0 Å². The lowest BCUT2D eigenvalue weighted by molar-refractivity contribution is 0.0555. The van der Waals surface area contributed by atoms with E-state index in [0.29, 0.717) is 16.8 Å². The number of methoxy groups -OCH3 is 2. The maximum Gasteiger partial charge on any atom is 0.339 e. The van der Waals surface area contributed by atoms with Gasteiger partial charge in [0, 0.05) is 11.8 Å². The number of nitrogens with zero attached hydrogens (tertiary/aromatic N) is 1. The Morgan fingerprint density at radius 3 is 2.42 bits per heavy atom. The number of hydrogen-bond acceptors (Lipinski definition) is 5. The summed E-state index contributed by atoms with van der Waals surface area (Å²) in [5.41, 5.74) is 1.75. The summed E-state index contributed by atoms with van der Waals surface area (Å²) in [7, 11) is 2.45. The fraction of sp³-hybridized carbons (Fsp3) is 0.167. The van der Waals surface area contributed by atoms with Crippen molar-refractivity contribution in [2.24, 2.45) is 4.99 Å². The van der Waals surface area contributed by atoms with Crippen molar-refractivity contribution in [3.05, 3.63) is 64.5 Å². The van der Waals surface area contributed by atoms with Crippen LogP contribution in [0.1, 0.15) is 31.8 Å². The van der Waals surface area contributed by atoms with E-state index in [1.165, 1.54) is 44.7 Å². The third-order valence-electron chi connectivity index (χ3n) is 3.39. The molecule has 0 saturated carbocycles. The van der Waals surface area contributed by atoms with Crippen LogP contribution in [0.4, 0.5) is 10.1 Å². The van der Waals surface area contributed by atoms with Crippen LogP contribution in [0.25, 0.3) is 0 Å². The second-order valence-corrected chi connectivity index (χ2v) is 4.94. The summed E-state index contributed by atoms with van der Waals surface area (Å²) in [4.78, 5) is 28.2. The van der Waals surface area contributed by atoms with Gasteiger partial charge in [-0.05, 0) is 36.8 Å². The van der Waals surface area contributed by atoms with E-state index in [1.54, 1.807) is 19.1 Å². The molecule has 124 valence electrons. The molecule has 2 aromatic rings. The van der Waals surface area contributed by atoms with Crippen molar-refractivity contribution in [1.82, 2.24) is 0 Å². The second kappa shape index (κ2) is 7.50. The van der Waals surface area contributed by atoms with Gasteiger partial charge < -0.3 is 9.47 Å². The summed E-state index contributed by atoms with van der Waals surface area (Å²) in [5.74, 6) is -1.67. The molecule has 0 atom stereocenters. The molecular weight excluding hydrogens is 313 g/mol. The summed E-state index contributed by atoms with van der Waals surface area (Å²) >= 11 is 0. The number of aryl methyl sites for hydroxylation is 1. The molecule has 0 aliphatic heterocycles. The van der Waals surface area contributed by atoms with Crippen molar-refractivity contribution in [1.29, 1.82) is 0 Å². The minimum Gasteiger partial charge on any atom is -0.465 e. The highest BCUT2D eigenvalue weighted by atomic mass is 19.1. The van der Waals surface area contributed by atoms with E-state index in [1.807, 2.05) is 0 Å². The number of benzene rings is 2. The van der Waals surface area contributed by atoms with E-state index in [9.17, 15) is 14.0 Å². The summed E-state index contributed by atoms with van der Waals surface area (Å²) in [6, 6.07) is 8.89. The van der Waals surface area contributed by atoms with Crippen molar-refractivity contribution >= 4 is 23.8 Å². The third-order valence-corrected chi connectivity index (χ3v) is 3.39. The predicted octanol–water partition coefficient (Wildman–Crippen LogP) is 3.46. The van der Waals surface area contributed by atoms with Gasteiger partial charge in [-0.15, -0.1) is 0 Å². The molecule has 24 heavy (non-hydrogen) atoms. The van der Waals surface area contributed by atoms with E-state index < -0.39 is 11.9 Å². The SMILES string of the molecule is COC(=O)c1cccc(/C=N\c2ccc(F)cc2C)c1C(=O)OC. The summed E-state index contributed by atoms with van der Waals surface area (Å²) in [6.07, 6.45) is 1.43. The van der Waals surface area contributed by atoms with Crippen molar-refractivity contribution < 1.29 is 23.5 Å². The van der Waals surface area contributed by atoms with Crippen LogP contribution >= 0.6 is 0 Å². The summed E-state index contributed by atoms with van der Waals surface area (Å²) < 4.78 is 22.6. The molecule has 0 radical (unpaired) electrons. The number of esters is 2. The first-order valence-corrected chi connectivity index (χ1v) is 7.07. The molecule has 2 rings (SSSR count). The molecule has 0 aromatic heterocycles. The highest BCUT2D eigenvalue weighted by Crippen LogP contribution is 2.21. The number of carbonyl (C=O) groups is 2. The van der Waals surface area contributed by atoms with Gasteiger partial charge in [-0.2, -0.15) is 0 Å². The normalized spacial score (nSPS) is 10.7.